The number of nitrogens with one attached hydrogen (secondary N) is 2. The van der Waals surface area contributed by atoms with Gasteiger partial charge in [-0.2, -0.15) is 5.10 Å². The van der Waals surface area contributed by atoms with Gasteiger partial charge in [-0.25, -0.2) is 14.0 Å². The maximum absolute atomic E-state index is 5.21. The van der Waals surface area contributed by atoms with Crippen molar-refractivity contribution in [2.45, 2.75) is 0 Å². The van der Waals surface area contributed by atoms with Gasteiger partial charge in [-0.05, 0) is 57.3 Å². The summed E-state index contributed by atoms with van der Waals surface area (Å²) >= 11 is 7.45. The van der Waals surface area contributed by atoms with Crippen LogP contribution < -0.4 is 5.32 Å². The Morgan fingerprint density at radius 2 is 2.10 bits per heavy atom. The monoisotopic (exact) mass is 411 g/mol. The first-order valence-electron chi connectivity index (χ1n) is 5.85. The first kappa shape index (κ1) is 12.6. The summed E-state index contributed by atoms with van der Waals surface area (Å²) in [6.45, 7) is 0. The van der Waals surface area contributed by atoms with Crippen molar-refractivity contribution >= 4 is 63.3 Å². The molecule has 3 aromatic heterocycles. The molecule has 0 unspecified atom stereocenters. The van der Waals surface area contributed by atoms with Crippen LogP contribution in [0.5, 0.6) is 0 Å². The van der Waals surface area contributed by atoms with Crippen LogP contribution >= 0.6 is 34.8 Å². The molecule has 0 radical (unpaired) electrons. The summed E-state index contributed by atoms with van der Waals surface area (Å²) in [6, 6.07) is 7.85. The fourth-order valence-corrected chi connectivity index (χ4v) is 2.71. The molecule has 21 heavy (non-hydrogen) atoms. The van der Waals surface area contributed by atoms with E-state index in [-0.39, 0.29) is 0 Å². The Morgan fingerprint density at radius 1 is 1.24 bits per heavy atom. The molecule has 3 heterocycles. The predicted molar refractivity (Wildman–Crippen MR) is 86.0 cm³/mol. The Bertz CT molecular complexity index is 1020. The fraction of sp³-hybridized carbons (Fsp3) is 0. The summed E-state index contributed by atoms with van der Waals surface area (Å²) in [6.07, 6.45) is 0. The summed E-state index contributed by atoms with van der Waals surface area (Å²) in [4.78, 5) is 4.38. The maximum atomic E-state index is 5.21. The van der Waals surface area contributed by atoms with E-state index in [0.717, 1.165) is 9.26 Å². The number of aromatic amines is 1. The van der Waals surface area contributed by atoms with Gasteiger partial charge in [0.05, 0.1) is 5.69 Å². The molecule has 0 amide bonds. The van der Waals surface area contributed by atoms with Gasteiger partial charge >= 0.3 is 0 Å². The zero-order chi connectivity index (χ0) is 14.4. The summed E-state index contributed by atoms with van der Waals surface area (Å²) in [5, 5.41) is 17.7. The minimum Gasteiger partial charge on any atom is -0.336 e. The number of fused-ring (bicyclic) bond motifs is 3. The van der Waals surface area contributed by atoms with Crippen LogP contribution in [0.15, 0.2) is 28.9 Å². The molecule has 0 fully saturated rings. The van der Waals surface area contributed by atoms with Gasteiger partial charge in [0.25, 0.3) is 0 Å². The number of H-pyrrole nitrogens is 1. The highest BCUT2D eigenvalue weighted by atomic mass is 127. The summed E-state index contributed by atoms with van der Waals surface area (Å²) in [5.41, 5.74) is 2.23. The average Bonchev–Trinajstić information content (AvgIpc) is 3.08. The molecular formula is C11H6IN7OS. The fourth-order valence-electron chi connectivity index (χ4n) is 1.97. The second-order valence-electron chi connectivity index (χ2n) is 4.16. The molecule has 0 saturated heterocycles. The van der Waals surface area contributed by atoms with Gasteiger partial charge in [0.2, 0.25) is 21.7 Å². The van der Waals surface area contributed by atoms with Gasteiger partial charge in [-0.15, -0.1) is 0 Å². The van der Waals surface area contributed by atoms with Crippen molar-refractivity contribution in [1.29, 1.82) is 0 Å². The van der Waals surface area contributed by atoms with Crippen molar-refractivity contribution in [3.8, 4) is 0 Å². The van der Waals surface area contributed by atoms with E-state index in [2.05, 4.69) is 53.4 Å². The van der Waals surface area contributed by atoms with Gasteiger partial charge in [0, 0.05) is 3.57 Å². The molecule has 0 saturated carbocycles. The van der Waals surface area contributed by atoms with Gasteiger partial charge in [-0.3, -0.25) is 5.10 Å². The summed E-state index contributed by atoms with van der Waals surface area (Å²) in [7, 11) is 0. The van der Waals surface area contributed by atoms with E-state index in [4.69, 9.17) is 16.8 Å². The minimum atomic E-state index is 0.355. The number of para-hydroxylation sites is 1. The average molecular weight is 411 g/mol. The molecule has 4 aromatic rings. The molecule has 8 nitrogen and oxygen atoms in total. The van der Waals surface area contributed by atoms with E-state index in [0.29, 0.717) is 27.5 Å². The van der Waals surface area contributed by atoms with Gasteiger partial charge in [-0.1, -0.05) is 12.1 Å². The normalized spacial score (nSPS) is 11.3. The number of halogens is 1. The lowest BCUT2D eigenvalue weighted by atomic mass is 10.3. The van der Waals surface area contributed by atoms with Crippen LogP contribution in [0.3, 0.4) is 0 Å². The Kier molecular flexibility index (Phi) is 2.85. The smallest absolute Gasteiger partial charge is 0.244 e. The molecule has 104 valence electrons. The molecule has 0 aliphatic carbocycles. The number of nitrogens with zero attached hydrogens (tertiary/aromatic N) is 5. The van der Waals surface area contributed by atoms with Crippen molar-refractivity contribution in [3.63, 3.8) is 0 Å². The highest BCUT2D eigenvalue weighted by molar-refractivity contribution is 14.1. The third-order valence-corrected chi connectivity index (χ3v) is 4.11. The van der Waals surface area contributed by atoms with Crippen LogP contribution in [-0.2, 0) is 0 Å². The number of aromatic nitrogens is 6. The minimum absolute atomic E-state index is 0.355. The van der Waals surface area contributed by atoms with Gasteiger partial charge in [0.15, 0.2) is 5.82 Å². The third kappa shape index (κ3) is 1.98. The molecule has 4 rings (SSSR count). The number of anilines is 2. The van der Waals surface area contributed by atoms with E-state index in [1.54, 1.807) is 4.40 Å². The van der Waals surface area contributed by atoms with Crippen LogP contribution in [0.4, 0.5) is 11.5 Å². The van der Waals surface area contributed by atoms with Crippen LogP contribution in [-0.4, -0.2) is 29.9 Å². The van der Waals surface area contributed by atoms with Gasteiger partial charge in [0.1, 0.15) is 0 Å². The molecule has 10 heteroatoms. The molecular weight excluding hydrogens is 405 g/mol. The lowest BCUT2D eigenvalue weighted by molar-refractivity contribution is 0.313. The van der Waals surface area contributed by atoms with E-state index in [1.165, 1.54) is 0 Å². The van der Waals surface area contributed by atoms with Crippen molar-refractivity contribution in [3.05, 3.63) is 32.6 Å². The molecule has 1 aromatic carbocycles. The van der Waals surface area contributed by atoms with Crippen molar-refractivity contribution in [1.82, 2.24) is 29.9 Å². The number of hydrogen-bond acceptors (Lipinski definition) is 7. The molecule has 0 aliphatic heterocycles. The molecule has 0 spiro atoms. The number of rotatable bonds is 2. The number of hydrogen-bond donors (Lipinski definition) is 2. The highest BCUT2D eigenvalue weighted by Crippen LogP contribution is 2.25. The Morgan fingerprint density at radius 3 is 2.95 bits per heavy atom. The molecule has 2 N–H and O–H groups in total. The maximum Gasteiger partial charge on any atom is 0.244 e. The Labute approximate surface area is 135 Å². The number of benzene rings is 1. The topological polar surface area (TPSA) is 96.9 Å². The zero-order valence-corrected chi connectivity index (χ0v) is 13.2. The van der Waals surface area contributed by atoms with Gasteiger partial charge < -0.3 is 5.32 Å². The summed E-state index contributed by atoms with van der Waals surface area (Å²) in [5.74, 6) is 0.523. The molecule has 0 bridgehead atoms. The lowest BCUT2D eigenvalue weighted by Crippen LogP contribution is -2.01. The zero-order valence-electron chi connectivity index (χ0n) is 10.2. The van der Waals surface area contributed by atoms with Crippen molar-refractivity contribution < 1.29 is 4.63 Å². The van der Waals surface area contributed by atoms with E-state index in [9.17, 15) is 0 Å². The first-order valence-corrected chi connectivity index (χ1v) is 7.34. The van der Waals surface area contributed by atoms with Crippen LogP contribution in [0.2, 0.25) is 0 Å². The van der Waals surface area contributed by atoms with Crippen molar-refractivity contribution in [2.24, 2.45) is 0 Å². The second kappa shape index (κ2) is 4.73. The molecule has 0 atom stereocenters. The Hall–Kier alpha value is -2.08. The summed E-state index contributed by atoms with van der Waals surface area (Å²) < 4.78 is 7.82. The second-order valence-corrected chi connectivity index (χ2v) is 5.71. The first-order chi connectivity index (χ1) is 10.2. The van der Waals surface area contributed by atoms with Crippen LogP contribution in [0.25, 0.3) is 16.9 Å². The third-order valence-electron chi connectivity index (χ3n) is 2.90. The van der Waals surface area contributed by atoms with E-state index in [1.807, 2.05) is 24.3 Å². The molecule has 0 aliphatic rings. The SMILES string of the molecule is S=c1[nH]nc2c(Nc3ccccc3I)nc3nonc3n12. The predicted octanol–water partition coefficient (Wildman–Crippen LogP) is 2.67. The lowest BCUT2D eigenvalue weighted by Gasteiger charge is -2.07. The Balaban J connectivity index is 1.99. The largest absolute Gasteiger partial charge is 0.336 e. The quantitative estimate of drug-likeness (QED) is 0.387. The van der Waals surface area contributed by atoms with E-state index < -0.39 is 0 Å². The van der Waals surface area contributed by atoms with Crippen LogP contribution in [0, 0.1) is 8.34 Å². The standard InChI is InChI=1S/C11H6IN7OS/c12-5-3-1-2-4-6(5)13-7-9-15-16-11(21)19(9)10-8(14-7)17-20-18-10/h1-4H,(H,16,21)(H,13,14,17). The van der Waals surface area contributed by atoms with Crippen LogP contribution in [0.1, 0.15) is 0 Å². The van der Waals surface area contributed by atoms with Crippen molar-refractivity contribution in [2.75, 3.05) is 5.32 Å². The highest BCUT2D eigenvalue weighted by Gasteiger charge is 2.15. The van der Waals surface area contributed by atoms with E-state index >= 15 is 0 Å².